The largest absolute Gasteiger partial charge is 0.352 e. The van der Waals surface area contributed by atoms with E-state index in [4.69, 9.17) is 33.2 Å². The number of aryl methyl sites for hydroxylation is 5. The van der Waals surface area contributed by atoms with Gasteiger partial charge in [-0.25, -0.2) is 4.98 Å². The highest BCUT2D eigenvalue weighted by Crippen LogP contribution is 2.36. The maximum atomic E-state index is 6.63. The van der Waals surface area contributed by atoms with Crippen molar-refractivity contribution in [3.05, 3.63) is 73.4 Å². The van der Waals surface area contributed by atoms with Crippen molar-refractivity contribution in [2.45, 2.75) is 67.3 Å². The van der Waals surface area contributed by atoms with Gasteiger partial charge in [0.15, 0.2) is 0 Å². The summed E-state index contributed by atoms with van der Waals surface area (Å²) in [7, 11) is 0. The monoisotopic (exact) mass is 496 g/mol. The van der Waals surface area contributed by atoms with Gasteiger partial charge in [-0.3, -0.25) is 0 Å². The predicted molar refractivity (Wildman–Crippen MR) is 145 cm³/mol. The molecule has 0 atom stereocenters. The molecule has 0 unspecified atom stereocenters. The normalized spacial score (nSPS) is 13.6. The van der Waals surface area contributed by atoms with Crippen molar-refractivity contribution in [1.82, 2.24) is 9.97 Å². The number of rotatable bonds is 5. The maximum Gasteiger partial charge on any atom is 0.232 e. The second-order valence-electron chi connectivity index (χ2n) is 9.46. The summed E-state index contributed by atoms with van der Waals surface area (Å²) in [4.78, 5) is 14.9. The summed E-state index contributed by atoms with van der Waals surface area (Å²) in [5.41, 5.74) is 9.49. The third-order valence-electron chi connectivity index (χ3n) is 6.78. The van der Waals surface area contributed by atoms with Crippen LogP contribution in [0.15, 0.2) is 24.3 Å². The highest BCUT2D eigenvalue weighted by molar-refractivity contribution is 6.35. The van der Waals surface area contributed by atoms with Crippen molar-refractivity contribution in [2.75, 3.05) is 22.9 Å². The molecule has 2 heterocycles. The van der Waals surface area contributed by atoms with Crippen LogP contribution in [0.2, 0.25) is 10.0 Å². The van der Waals surface area contributed by atoms with E-state index in [0.29, 0.717) is 16.6 Å². The zero-order valence-corrected chi connectivity index (χ0v) is 22.6. The number of fused-ring (bicyclic) bond motifs is 1. The average molecular weight is 498 g/mol. The summed E-state index contributed by atoms with van der Waals surface area (Å²) in [6.45, 7) is 15.3. The van der Waals surface area contributed by atoms with Crippen molar-refractivity contribution >= 4 is 40.7 Å². The molecule has 4 rings (SSSR count). The van der Waals surface area contributed by atoms with Gasteiger partial charge < -0.3 is 9.80 Å². The molecule has 0 bridgehead atoms. The number of hydrogen-bond acceptors (Lipinski definition) is 4. The van der Waals surface area contributed by atoms with Crippen molar-refractivity contribution in [3.8, 4) is 0 Å². The fourth-order valence-corrected chi connectivity index (χ4v) is 5.88. The van der Waals surface area contributed by atoms with Gasteiger partial charge in [-0.2, -0.15) is 4.98 Å². The fourth-order valence-electron chi connectivity index (χ4n) is 5.23. The molecule has 0 spiro atoms. The van der Waals surface area contributed by atoms with Gasteiger partial charge in [0.2, 0.25) is 5.95 Å². The van der Waals surface area contributed by atoms with E-state index in [1.54, 1.807) is 0 Å². The van der Waals surface area contributed by atoms with Crippen molar-refractivity contribution < 1.29 is 0 Å². The molecule has 1 aliphatic rings. The molecule has 0 saturated carbocycles. The van der Waals surface area contributed by atoms with E-state index in [9.17, 15) is 0 Å². The van der Waals surface area contributed by atoms with Crippen LogP contribution in [-0.4, -0.2) is 23.1 Å². The first-order valence-corrected chi connectivity index (χ1v) is 12.9. The molecule has 1 aliphatic heterocycles. The van der Waals surface area contributed by atoms with E-state index < -0.39 is 0 Å². The van der Waals surface area contributed by atoms with Crippen LogP contribution in [0, 0.1) is 34.6 Å². The average Bonchev–Trinajstić information content (AvgIpc) is 2.95. The molecule has 0 fully saturated rings. The molecular formula is C28H34Cl2N4. The number of nitrogens with zero attached hydrogens (tertiary/aromatic N) is 4. The van der Waals surface area contributed by atoms with E-state index in [1.807, 2.05) is 12.1 Å². The third-order valence-corrected chi connectivity index (χ3v) is 7.34. The number of aromatic nitrogens is 2. The Morgan fingerprint density at radius 3 is 2.26 bits per heavy atom. The molecule has 180 valence electrons. The minimum atomic E-state index is 0.672. The second-order valence-corrected chi connectivity index (χ2v) is 10.3. The number of hydrogen-bond donors (Lipinski definition) is 0. The van der Waals surface area contributed by atoms with Gasteiger partial charge in [0.05, 0.1) is 0 Å². The van der Waals surface area contributed by atoms with Crippen molar-refractivity contribution in [2.24, 2.45) is 0 Å². The molecule has 0 aliphatic carbocycles. The lowest BCUT2D eigenvalue weighted by atomic mass is 10.0. The van der Waals surface area contributed by atoms with E-state index in [2.05, 4.69) is 63.5 Å². The Balaban J connectivity index is 1.81. The van der Waals surface area contributed by atoms with E-state index in [0.717, 1.165) is 60.9 Å². The van der Waals surface area contributed by atoms with Gasteiger partial charge in [0, 0.05) is 46.6 Å². The van der Waals surface area contributed by atoms with E-state index in [-0.39, 0.29) is 0 Å². The van der Waals surface area contributed by atoms with Gasteiger partial charge in [-0.15, -0.1) is 0 Å². The molecule has 0 saturated heterocycles. The molecule has 3 aromatic rings. The van der Waals surface area contributed by atoms with E-state index in [1.165, 1.54) is 27.9 Å². The molecule has 6 heteroatoms. The van der Waals surface area contributed by atoms with Crippen LogP contribution < -0.4 is 9.80 Å². The maximum absolute atomic E-state index is 6.63. The zero-order chi connectivity index (χ0) is 24.6. The fraction of sp³-hybridized carbons (Fsp3) is 0.429. The second kappa shape index (κ2) is 10.1. The molecular weight excluding hydrogens is 463 g/mol. The molecule has 0 amide bonds. The first kappa shape index (κ1) is 24.8. The summed E-state index contributed by atoms with van der Waals surface area (Å²) < 4.78 is 0. The summed E-state index contributed by atoms with van der Waals surface area (Å²) >= 11 is 12.9. The van der Waals surface area contributed by atoms with Gasteiger partial charge >= 0.3 is 0 Å². The summed E-state index contributed by atoms with van der Waals surface area (Å²) in [6.07, 6.45) is 3.25. The number of halogens is 2. The lowest BCUT2D eigenvalue weighted by Crippen LogP contribution is -2.28. The minimum absolute atomic E-state index is 0.672. The minimum Gasteiger partial charge on any atom is -0.352 e. The SMILES string of the molecule is CCN(c1nc(C)c2c(n1)N(Cc1c(C)cc(Cl)cc1Cl)CCCC2)c1c(C)cc(C)cc1C. The van der Waals surface area contributed by atoms with Gasteiger partial charge in [0.25, 0.3) is 0 Å². The summed E-state index contributed by atoms with van der Waals surface area (Å²) in [5, 5.41) is 1.38. The lowest BCUT2D eigenvalue weighted by Gasteiger charge is -2.29. The molecule has 2 aromatic carbocycles. The molecule has 1 aromatic heterocycles. The van der Waals surface area contributed by atoms with Crippen LogP contribution in [0.1, 0.15) is 58.8 Å². The van der Waals surface area contributed by atoms with Crippen LogP contribution in [0.5, 0.6) is 0 Å². The van der Waals surface area contributed by atoms with Gasteiger partial charge in [0.1, 0.15) is 5.82 Å². The van der Waals surface area contributed by atoms with E-state index >= 15 is 0 Å². The number of anilines is 3. The van der Waals surface area contributed by atoms with Crippen molar-refractivity contribution in [3.63, 3.8) is 0 Å². The van der Waals surface area contributed by atoms with Crippen LogP contribution >= 0.6 is 23.2 Å². The number of benzene rings is 2. The molecule has 34 heavy (non-hydrogen) atoms. The van der Waals surface area contributed by atoms with Crippen LogP contribution in [0.4, 0.5) is 17.5 Å². The summed E-state index contributed by atoms with van der Waals surface area (Å²) in [5.74, 6) is 1.80. The molecule has 4 nitrogen and oxygen atoms in total. The first-order valence-electron chi connectivity index (χ1n) is 12.1. The smallest absolute Gasteiger partial charge is 0.232 e. The zero-order valence-electron chi connectivity index (χ0n) is 21.1. The Morgan fingerprint density at radius 1 is 0.912 bits per heavy atom. The Morgan fingerprint density at radius 2 is 1.62 bits per heavy atom. The third kappa shape index (κ3) is 4.89. The molecule has 0 N–H and O–H groups in total. The van der Waals surface area contributed by atoms with Crippen LogP contribution in [0.25, 0.3) is 0 Å². The lowest BCUT2D eigenvalue weighted by molar-refractivity contribution is 0.709. The Hall–Kier alpha value is -2.30. The Bertz CT molecular complexity index is 1180. The Kier molecular flexibility index (Phi) is 7.39. The first-order chi connectivity index (χ1) is 16.2. The molecule has 0 radical (unpaired) electrons. The highest BCUT2D eigenvalue weighted by atomic mass is 35.5. The predicted octanol–water partition coefficient (Wildman–Crippen LogP) is 7.83. The summed E-state index contributed by atoms with van der Waals surface area (Å²) in [6, 6.07) is 8.29. The topological polar surface area (TPSA) is 32.3 Å². The highest BCUT2D eigenvalue weighted by Gasteiger charge is 2.25. The van der Waals surface area contributed by atoms with Gasteiger partial charge in [-0.1, -0.05) is 40.9 Å². The van der Waals surface area contributed by atoms with Crippen LogP contribution in [-0.2, 0) is 13.0 Å². The quantitative estimate of drug-likeness (QED) is 0.360. The van der Waals surface area contributed by atoms with Crippen molar-refractivity contribution in [1.29, 1.82) is 0 Å². The standard InChI is InChI=1S/C28H34Cl2N4/c1-7-34(26-19(4)12-17(2)13-20(26)5)28-31-21(6)23-10-8-9-11-33(27(23)32-28)16-24-18(3)14-22(29)15-25(24)30/h12-15H,7-11,16H2,1-6H3. The Labute approximate surface area is 213 Å². The van der Waals surface area contributed by atoms with Gasteiger partial charge in [-0.05, 0) is 95.2 Å². The van der Waals surface area contributed by atoms with Crippen LogP contribution in [0.3, 0.4) is 0 Å².